The van der Waals surface area contributed by atoms with Crippen molar-refractivity contribution in [2.24, 2.45) is 0 Å². The predicted molar refractivity (Wildman–Crippen MR) is 153 cm³/mol. The van der Waals surface area contributed by atoms with E-state index in [4.69, 9.17) is 4.74 Å². The molecular formula is C30H36F2N6O2. The summed E-state index contributed by atoms with van der Waals surface area (Å²) in [5.41, 5.74) is 3.16. The van der Waals surface area contributed by atoms with Crippen LogP contribution in [0.25, 0.3) is 16.9 Å². The zero-order valence-corrected chi connectivity index (χ0v) is 23.2. The fourth-order valence-corrected chi connectivity index (χ4v) is 4.67. The highest BCUT2D eigenvalue weighted by molar-refractivity contribution is 5.96. The zero-order valence-electron chi connectivity index (χ0n) is 23.2. The van der Waals surface area contributed by atoms with Gasteiger partial charge in [0.1, 0.15) is 0 Å². The summed E-state index contributed by atoms with van der Waals surface area (Å²) in [6.45, 7) is 3.70. The first kappa shape index (κ1) is 28.9. The Morgan fingerprint density at radius 1 is 1.00 bits per heavy atom. The summed E-state index contributed by atoms with van der Waals surface area (Å²) < 4.78 is 35.7. The molecule has 2 aromatic carbocycles. The predicted octanol–water partition coefficient (Wildman–Crippen LogP) is 5.89. The number of halogens is 2. The van der Waals surface area contributed by atoms with Crippen molar-refractivity contribution >= 4 is 23.1 Å². The van der Waals surface area contributed by atoms with Gasteiger partial charge in [-0.05, 0) is 68.8 Å². The molecule has 1 amide bonds. The number of nitrogens with one attached hydrogen (secondary N) is 3. The molecule has 0 aliphatic carbocycles. The molecule has 40 heavy (non-hydrogen) atoms. The smallest absolute Gasteiger partial charge is 0.251 e. The lowest BCUT2D eigenvalue weighted by Crippen LogP contribution is -2.25. The molecule has 4 rings (SSSR count). The number of ether oxygens (including phenoxy) is 1. The van der Waals surface area contributed by atoms with Crippen LogP contribution in [-0.4, -0.2) is 47.5 Å². The van der Waals surface area contributed by atoms with Crippen LogP contribution in [-0.2, 0) is 6.42 Å². The van der Waals surface area contributed by atoms with E-state index in [1.54, 1.807) is 22.9 Å². The molecule has 0 radical (unpaired) electrons. The number of benzene rings is 2. The Kier molecular flexibility index (Phi) is 10.0. The minimum Gasteiger partial charge on any atom is -0.494 e. The molecule has 2 aromatic heterocycles. The monoisotopic (exact) mass is 550 g/mol. The first-order valence-corrected chi connectivity index (χ1v) is 13.7. The van der Waals surface area contributed by atoms with Gasteiger partial charge in [0.25, 0.3) is 5.91 Å². The molecule has 10 heteroatoms. The van der Waals surface area contributed by atoms with Crippen LogP contribution in [0.4, 0.5) is 20.3 Å². The summed E-state index contributed by atoms with van der Waals surface area (Å²) in [4.78, 5) is 21.7. The van der Waals surface area contributed by atoms with Crippen molar-refractivity contribution in [3.63, 3.8) is 0 Å². The van der Waals surface area contributed by atoms with Gasteiger partial charge in [-0.3, -0.25) is 9.20 Å². The minimum absolute atomic E-state index is 0.0559. The average molecular weight is 551 g/mol. The Balaban J connectivity index is 1.46. The minimum atomic E-state index is -1.06. The van der Waals surface area contributed by atoms with Gasteiger partial charge >= 0.3 is 0 Å². The number of carbonyl (C=O) groups is 1. The van der Waals surface area contributed by atoms with E-state index in [0.717, 1.165) is 30.6 Å². The number of fused-ring (bicyclic) bond motifs is 1. The largest absolute Gasteiger partial charge is 0.494 e. The second-order valence-electron chi connectivity index (χ2n) is 9.53. The highest BCUT2D eigenvalue weighted by atomic mass is 19.2. The molecule has 0 spiro atoms. The topological polar surface area (TPSA) is 92.6 Å². The number of carbonyl (C=O) groups excluding carboxylic acids is 1. The molecule has 4 aromatic rings. The first-order chi connectivity index (χ1) is 19.5. The third-order valence-electron chi connectivity index (χ3n) is 6.85. The van der Waals surface area contributed by atoms with E-state index in [9.17, 15) is 13.6 Å². The molecule has 212 valence electrons. The zero-order chi connectivity index (χ0) is 28.5. The van der Waals surface area contributed by atoms with Crippen molar-refractivity contribution < 1.29 is 18.3 Å². The van der Waals surface area contributed by atoms with Crippen molar-refractivity contribution in [3.8, 4) is 17.0 Å². The third-order valence-corrected chi connectivity index (χ3v) is 6.85. The van der Waals surface area contributed by atoms with E-state index in [2.05, 4.69) is 25.9 Å². The molecule has 0 saturated carbocycles. The van der Waals surface area contributed by atoms with Crippen LogP contribution < -0.4 is 20.7 Å². The van der Waals surface area contributed by atoms with Gasteiger partial charge in [0.2, 0.25) is 5.82 Å². The molecule has 0 aliphatic rings. The molecule has 8 nitrogen and oxygen atoms in total. The van der Waals surface area contributed by atoms with Crippen LogP contribution >= 0.6 is 0 Å². The van der Waals surface area contributed by atoms with Gasteiger partial charge in [-0.2, -0.15) is 4.39 Å². The third kappa shape index (κ3) is 6.56. The number of unbranched alkanes of at least 4 members (excludes halogenated alkanes) is 4. The van der Waals surface area contributed by atoms with Gasteiger partial charge in [0.05, 0.1) is 19.0 Å². The maximum atomic E-state index is 14.8. The standard InChI is InChI=1S/C30H36F2N6O2/c1-4-20-18-21(10-11-22(20)30(39)35-15-9-7-5-6-8-14-33-2)37-28-29-36-19-24(38(29)17-16-34-28)23-12-13-25(40-3)27(32)26(23)31/h10-13,16-19,33H,4-9,14-15H2,1-3H3,(H,34,37)(H,35,39). The average Bonchev–Trinajstić information content (AvgIpc) is 3.40. The number of anilines is 2. The maximum absolute atomic E-state index is 14.8. The lowest BCUT2D eigenvalue weighted by atomic mass is 10.0. The fourth-order valence-electron chi connectivity index (χ4n) is 4.67. The molecule has 0 unspecified atom stereocenters. The van der Waals surface area contributed by atoms with Crippen molar-refractivity contribution in [2.75, 3.05) is 32.6 Å². The molecule has 0 atom stereocenters. The summed E-state index contributed by atoms with van der Waals surface area (Å²) in [6.07, 6.45) is 10.9. The summed E-state index contributed by atoms with van der Waals surface area (Å²) in [7, 11) is 3.25. The van der Waals surface area contributed by atoms with E-state index < -0.39 is 11.6 Å². The van der Waals surface area contributed by atoms with Crippen molar-refractivity contribution in [1.29, 1.82) is 0 Å². The van der Waals surface area contributed by atoms with Crippen molar-refractivity contribution in [3.05, 3.63) is 71.7 Å². The van der Waals surface area contributed by atoms with Crippen molar-refractivity contribution in [1.82, 2.24) is 25.0 Å². The summed E-state index contributed by atoms with van der Waals surface area (Å²) >= 11 is 0. The molecule has 0 fully saturated rings. The normalized spacial score (nSPS) is 11.1. The molecule has 0 bridgehead atoms. The second-order valence-corrected chi connectivity index (χ2v) is 9.53. The van der Waals surface area contributed by atoms with Crippen LogP contribution in [0, 0.1) is 11.6 Å². The quantitative estimate of drug-likeness (QED) is 0.170. The van der Waals surface area contributed by atoms with Gasteiger partial charge < -0.3 is 20.7 Å². The van der Waals surface area contributed by atoms with Gasteiger partial charge in [0, 0.05) is 35.8 Å². The van der Waals surface area contributed by atoms with E-state index in [0.29, 0.717) is 35.7 Å². The SMILES string of the molecule is CCc1cc(Nc2nccn3c(-c4ccc(OC)c(F)c4F)cnc23)ccc1C(=O)NCCCCCCCNC. The highest BCUT2D eigenvalue weighted by Gasteiger charge is 2.19. The number of aryl methyl sites for hydroxylation is 1. The fraction of sp³-hybridized carbons (Fsp3) is 0.367. The Morgan fingerprint density at radius 3 is 2.52 bits per heavy atom. The lowest BCUT2D eigenvalue weighted by molar-refractivity contribution is 0.0952. The number of hydrogen-bond donors (Lipinski definition) is 3. The Labute approximate surface area is 233 Å². The van der Waals surface area contributed by atoms with E-state index in [1.807, 2.05) is 26.1 Å². The molecular weight excluding hydrogens is 514 g/mol. The first-order valence-electron chi connectivity index (χ1n) is 13.7. The number of imidazole rings is 1. The van der Waals surface area contributed by atoms with Crippen molar-refractivity contribution in [2.45, 2.75) is 45.4 Å². The number of amides is 1. The summed E-state index contributed by atoms with van der Waals surface area (Å²) in [6, 6.07) is 8.38. The van der Waals surface area contributed by atoms with Gasteiger partial charge in [0.15, 0.2) is 23.0 Å². The van der Waals surface area contributed by atoms with Gasteiger partial charge in [-0.25, -0.2) is 14.4 Å². The Hall–Kier alpha value is -4.05. The van der Waals surface area contributed by atoms with E-state index in [1.165, 1.54) is 44.7 Å². The highest BCUT2D eigenvalue weighted by Crippen LogP contribution is 2.31. The van der Waals surface area contributed by atoms with E-state index in [-0.39, 0.29) is 17.2 Å². The maximum Gasteiger partial charge on any atom is 0.251 e. The lowest BCUT2D eigenvalue weighted by Gasteiger charge is -2.13. The van der Waals surface area contributed by atoms with Crippen LogP contribution in [0.15, 0.2) is 48.9 Å². The number of nitrogens with zero attached hydrogens (tertiary/aromatic N) is 3. The van der Waals surface area contributed by atoms with Crippen LogP contribution in [0.5, 0.6) is 5.75 Å². The Morgan fingerprint density at radius 2 is 1.77 bits per heavy atom. The number of methoxy groups -OCH3 is 1. The van der Waals surface area contributed by atoms with Gasteiger partial charge in [-0.1, -0.05) is 26.2 Å². The van der Waals surface area contributed by atoms with Gasteiger partial charge in [-0.15, -0.1) is 0 Å². The summed E-state index contributed by atoms with van der Waals surface area (Å²) in [5.74, 6) is -1.88. The number of hydrogen-bond acceptors (Lipinski definition) is 6. The van der Waals surface area contributed by atoms with Crippen LogP contribution in [0.2, 0.25) is 0 Å². The molecule has 0 saturated heterocycles. The summed E-state index contributed by atoms with van der Waals surface area (Å²) in [5, 5.41) is 9.46. The van der Waals surface area contributed by atoms with Crippen LogP contribution in [0.1, 0.15) is 54.9 Å². The number of rotatable bonds is 14. The second kappa shape index (κ2) is 13.8. The molecule has 2 heterocycles. The van der Waals surface area contributed by atoms with E-state index >= 15 is 0 Å². The Bertz CT molecular complexity index is 1460. The van der Waals surface area contributed by atoms with Crippen LogP contribution in [0.3, 0.4) is 0 Å². The molecule has 0 aliphatic heterocycles. The molecule has 3 N–H and O–H groups in total. The number of aromatic nitrogens is 3.